The first kappa shape index (κ1) is 21.2. The molecule has 0 radical (unpaired) electrons. The maximum atomic E-state index is 10.5. The number of hydrogen-bond acceptors (Lipinski definition) is 6. The van der Waals surface area contributed by atoms with Crippen LogP contribution in [-0.2, 0) is 14.3 Å². The Kier molecular flexibility index (Phi) is 13.2. The van der Waals surface area contributed by atoms with E-state index in [1.807, 2.05) is 0 Å². The standard InChI is InChI=1S/C9H12O6.2K/c10-6-2-1-5(9(13)14)3-7(6)15-4-8(11)12;;/h1,6-7,10H,2-4H2,(H,11,12)(H,13,14);;/q;2*+1/p-2/t6-,7-;;/m1../s1. The van der Waals surface area contributed by atoms with Crippen LogP contribution < -0.4 is 113 Å². The Balaban J connectivity index is 0. The molecule has 0 heterocycles. The molecule has 84 valence electrons. The molecular formula is C9H10K2O6. The van der Waals surface area contributed by atoms with E-state index in [0.717, 1.165) is 0 Å². The van der Waals surface area contributed by atoms with Gasteiger partial charge in [0.15, 0.2) is 0 Å². The Bertz CT molecular complexity index is 304. The Morgan fingerprint density at radius 3 is 2.47 bits per heavy atom. The summed E-state index contributed by atoms with van der Waals surface area (Å²) in [6.45, 7) is -0.665. The molecule has 0 saturated carbocycles. The van der Waals surface area contributed by atoms with Crippen LogP contribution in [-0.4, -0.2) is 35.9 Å². The maximum absolute atomic E-state index is 10.5. The Morgan fingerprint density at radius 1 is 1.41 bits per heavy atom. The molecule has 1 aliphatic carbocycles. The molecule has 0 aromatic heterocycles. The van der Waals surface area contributed by atoms with Crippen LogP contribution in [0.4, 0.5) is 0 Å². The molecule has 1 N–H and O–H groups in total. The van der Waals surface area contributed by atoms with Gasteiger partial charge in [0.05, 0.1) is 30.8 Å². The monoisotopic (exact) mass is 292 g/mol. The molecule has 0 spiro atoms. The molecule has 0 aromatic carbocycles. The summed E-state index contributed by atoms with van der Waals surface area (Å²) in [6.07, 6.45) is -0.329. The zero-order valence-electron chi connectivity index (χ0n) is 9.84. The molecule has 1 aliphatic rings. The van der Waals surface area contributed by atoms with Crippen LogP contribution in [0, 0.1) is 0 Å². The summed E-state index contributed by atoms with van der Waals surface area (Å²) >= 11 is 0. The van der Waals surface area contributed by atoms with Crippen LogP contribution in [0.2, 0.25) is 0 Å². The van der Waals surface area contributed by atoms with Crippen molar-refractivity contribution >= 4 is 11.9 Å². The molecule has 1 rings (SSSR count). The van der Waals surface area contributed by atoms with E-state index in [9.17, 15) is 24.9 Å². The normalized spacial score (nSPS) is 22.8. The van der Waals surface area contributed by atoms with Crippen molar-refractivity contribution in [1.82, 2.24) is 0 Å². The van der Waals surface area contributed by atoms with Crippen LogP contribution in [0.3, 0.4) is 0 Å². The van der Waals surface area contributed by atoms with E-state index < -0.39 is 30.8 Å². The van der Waals surface area contributed by atoms with Crippen LogP contribution >= 0.6 is 0 Å². The third-order valence-corrected chi connectivity index (χ3v) is 2.13. The minimum atomic E-state index is -1.41. The third-order valence-electron chi connectivity index (χ3n) is 2.13. The summed E-state index contributed by atoms with van der Waals surface area (Å²) < 4.78 is 4.79. The Labute approximate surface area is 184 Å². The van der Waals surface area contributed by atoms with Gasteiger partial charge >= 0.3 is 103 Å². The van der Waals surface area contributed by atoms with Gasteiger partial charge in [-0.3, -0.25) is 0 Å². The Morgan fingerprint density at radius 2 is 2.00 bits per heavy atom. The van der Waals surface area contributed by atoms with Crippen molar-refractivity contribution in [3.63, 3.8) is 0 Å². The average molecular weight is 292 g/mol. The predicted octanol–water partition coefficient (Wildman–Crippen LogP) is -9.04. The predicted molar refractivity (Wildman–Crippen MR) is 43.1 cm³/mol. The first-order valence-electron chi connectivity index (χ1n) is 4.40. The minimum Gasteiger partial charge on any atom is -0.548 e. The fourth-order valence-corrected chi connectivity index (χ4v) is 1.36. The molecule has 8 heteroatoms. The van der Waals surface area contributed by atoms with E-state index in [1.165, 1.54) is 6.08 Å². The largest absolute Gasteiger partial charge is 1.00 e. The van der Waals surface area contributed by atoms with Crippen molar-refractivity contribution in [2.45, 2.75) is 25.0 Å². The molecule has 6 nitrogen and oxygen atoms in total. The number of aliphatic hydroxyl groups excluding tert-OH is 1. The van der Waals surface area contributed by atoms with Crippen molar-refractivity contribution in [3.8, 4) is 0 Å². The van der Waals surface area contributed by atoms with Gasteiger partial charge in [0, 0.05) is 6.42 Å². The molecule has 0 fully saturated rings. The van der Waals surface area contributed by atoms with Gasteiger partial charge in [-0.1, -0.05) is 6.08 Å². The molecule has 0 saturated heterocycles. The summed E-state index contributed by atoms with van der Waals surface area (Å²) in [7, 11) is 0. The van der Waals surface area contributed by atoms with Crippen LogP contribution in [0.5, 0.6) is 0 Å². The van der Waals surface area contributed by atoms with Gasteiger partial charge in [0.1, 0.15) is 0 Å². The van der Waals surface area contributed by atoms with Crippen LogP contribution in [0.15, 0.2) is 11.6 Å². The second-order valence-corrected chi connectivity index (χ2v) is 3.25. The summed E-state index contributed by atoms with van der Waals surface area (Å²) in [5.74, 6) is -2.74. The first-order chi connectivity index (χ1) is 7.00. The SMILES string of the molecule is O=C([O-])CO[C@@H]1CC(C(=O)[O-])=CC[C@H]1O.[K+].[K+]. The van der Waals surface area contributed by atoms with Gasteiger partial charge in [0.2, 0.25) is 0 Å². The van der Waals surface area contributed by atoms with E-state index in [0.29, 0.717) is 0 Å². The Hall–Kier alpha value is 1.87. The summed E-state index contributed by atoms with van der Waals surface area (Å²) in [4.78, 5) is 20.6. The van der Waals surface area contributed by atoms with E-state index >= 15 is 0 Å². The second kappa shape index (κ2) is 10.6. The molecule has 0 aliphatic heterocycles. The number of aliphatic hydroxyl groups is 1. The zero-order chi connectivity index (χ0) is 11.4. The maximum Gasteiger partial charge on any atom is 1.00 e. The van der Waals surface area contributed by atoms with Gasteiger partial charge in [-0.2, -0.15) is 0 Å². The topological polar surface area (TPSA) is 110 Å². The number of carboxylic acids is 2. The fraction of sp³-hybridized carbons (Fsp3) is 0.556. The molecule has 0 bridgehead atoms. The average Bonchev–Trinajstić information content (AvgIpc) is 2.16. The van der Waals surface area contributed by atoms with Crippen LogP contribution in [0.25, 0.3) is 0 Å². The van der Waals surface area contributed by atoms with Crippen molar-refractivity contribution in [3.05, 3.63) is 11.6 Å². The second-order valence-electron chi connectivity index (χ2n) is 3.25. The number of rotatable bonds is 4. The molecule has 0 amide bonds. The van der Waals surface area contributed by atoms with Gasteiger partial charge in [-0.25, -0.2) is 0 Å². The third kappa shape index (κ3) is 7.90. The smallest absolute Gasteiger partial charge is 0.548 e. The summed E-state index contributed by atoms with van der Waals surface area (Å²) in [5.41, 5.74) is 0.0173. The number of hydrogen-bond donors (Lipinski definition) is 1. The number of carbonyl (C=O) groups is 2. The molecule has 2 atom stereocenters. The summed E-state index contributed by atoms with van der Waals surface area (Å²) in [5, 5.41) is 30.0. The van der Waals surface area contributed by atoms with Crippen molar-refractivity contribution < 1.29 is 132 Å². The van der Waals surface area contributed by atoms with Gasteiger partial charge in [-0.05, 0) is 12.0 Å². The van der Waals surface area contributed by atoms with E-state index in [4.69, 9.17) is 4.74 Å². The number of aliphatic carboxylic acids is 2. The molecule has 0 unspecified atom stereocenters. The van der Waals surface area contributed by atoms with Crippen molar-refractivity contribution in [2.24, 2.45) is 0 Å². The zero-order valence-corrected chi connectivity index (χ0v) is 16.1. The van der Waals surface area contributed by atoms with E-state index in [-0.39, 0.29) is 121 Å². The number of ether oxygens (including phenoxy) is 1. The van der Waals surface area contributed by atoms with E-state index in [2.05, 4.69) is 0 Å². The minimum absolute atomic E-state index is 0. The number of carboxylic acid groups (broad SMARTS) is 2. The fourth-order valence-electron chi connectivity index (χ4n) is 1.36. The summed E-state index contributed by atoms with van der Waals surface area (Å²) in [6, 6.07) is 0. The first-order valence-corrected chi connectivity index (χ1v) is 4.40. The van der Waals surface area contributed by atoms with Gasteiger partial charge < -0.3 is 29.6 Å². The van der Waals surface area contributed by atoms with Gasteiger partial charge in [0.25, 0.3) is 0 Å². The number of carbonyl (C=O) groups excluding carboxylic acids is 2. The van der Waals surface area contributed by atoms with Gasteiger partial charge in [-0.15, -0.1) is 0 Å². The molecule has 0 aromatic rings. The van der Waals surface area contributed by atoms with Crippen LogP contribution in [0.1, 0.15) is 12.8 Å². The molecular weight excluding hydrogens is 282 g/mol. The van der Waals surface area contributed by atoms with E-state index in [1.54, 1.807) is 0 Å². The molecule has 17 heavy (non-hydrogen) atoms. The van der Waals surface area contributed by atoms with Crippen molar-refractivity contribution in [1.29, 1.82) is 0 Å². The quantitative estimate of drug-likeness (QED) is 0.515. The van der Waals surface area contributed by atoms with Crippen molar-refractivity contribution in [2.75, 3.05) is 6.61 Å².